The Morgan fingerprint density at radius 3 is 2.52 bits per heavy atom. The summed E-state index contributed by atoms with van der Waals surface area (Å²) in [5.74, 6) is -0.932. The van der Waals surface area contributed by atoms with Crippen LogP contribution in [0.15, 0.2) is 30.3 Å². The molecule has 1 heterocycles. The Morgan fingerprint density at radius 1 is 1.33 bits per heavy atom. The van der Waals surface area contributed by atoms with E-state index in [4.69, 9.17) is 9.47 Å². The first kappa shape index (κ1) is 15.4. The van der Waals surface area contributed by atoms with Crippen LogP contribution in [-0.4, -0.2) is 36.2 Å². The molecule has 1 aliphatic heterocycles. The molecule has 0 N–H and O–H groups in total. The number of cyclic esters (lactones) is 1. The molecule has 1 fully saturated rings. The Hall–Kier alpha value is -2.04. The van der Waals surface area contributed by atoms with E-state index in [9.17, 15) is 9.59 Å². The van der Waals surface area contributed by atoms with Gasteiger partial charge in [0.1, 0.15) is 11.5 Å². The van der Waals surface area contributed by atoms with Crippen LogP contribution in [0.25, 0.3) is 0 Å². The van der Waals surface area contributed by atoms with E-state index in [2.05, 4.69) is 0 Å². The van der Waals surface area contributed by atoms with E-state index in [1.807, 2.05) is 30.3 Å². The third kappa shape index (κ3) is 2.86. The molecule has 1 amide bonds. The summed E-state index contributed by atoms with van der Waals surface area (Å²) < 4.78 is 10.6. The lowest BCUT2D eigenvalue weighted by Gasteiger charge is -2.46. The molecule has 114 valence electrons. The highest BCUT2D eigenvalue weighted by Gasteiger charge is 2.52. The average Bonchev–Trinajstić information content (AvgIpc) is 2.43. The van der Waals surface area contributed by atoms with Crippen molar-refractivity contribution in [1.82, 2.24) is 4.90 Å². The van der Waals surface area contributed by atoms with Crippen molar-refractivity contribution in [3.8, 4) is 0 Å². The van der Waals surface area contributed by atoms with E-state index < -0.39 is 23.7 Å². The predicted molar refractivity (Wildman–Crippen MR) is 77.6 cm³/mol. The molecular formula is C16H21NO4. The molecule has 2 rings (SSSR count). The number of hydrogen-bond donors (Lipinski definition) is 0. The number of benzene rings is 1. The Kier molecular flexibility index (Phi) is 4.21. The number of hydrogen-bond acceptors (Lipinski definition) is 4. The SMILES string of the molecule is CCOC(=O)C1C(c2ccccc2)N(C)C(=O)OC1(C)C. The first-order valence-electron chi connectivity index (χ1n) is 7.06. The third-order valence-electron chi connectivity index (χ3n) is 3.80. The molecule has 0 saturated carbocycles. The Labute approximate surface area is 124 Å². The lowest BCUT2D eigenvalue weighted by molar-refractivity contribution is -0.168. The molecule has 5 nitrogen and oxygen atoms in total. The molecule has 2 atom stereocenters. The number of carbonyl (C=O) groups excluding carboxylic acids is 2. The second-order valence-corrected chi connectivity index (χ2v) is 5.67. The number of amides is 1. The number of ether oxygens (including phenoxy) is 2. The van der Waals surface area contributed by atoms with Crippen LogP contribution in [0, 0.1) is 5.92 Å². The number of carbonyl (C=O) groups is 2. The maximum Gasteiger partial charge on any atom is 0.410 e. The molecule has 0 radical (unpaired) electrons. The fraction of sp³-hybridized carbons (Fsp3) is 0.500. The van der Waals surface area contributed by atoms with Crippen LogP contribution in [-0.2, 0) is 14.3 Å². The highest BCUT2D eigenvalue weighted by atomic mass is 16.6. The van der Waals surface area contributed by atoms with Crippen LogP contribution in [0.4, 0.5) is 4.79 Å². The number of nitrogens with zero attached hydrogens (tertiary/aromatic N) is 1. The van der Waals surface area contributed by atoms with E-state index in [0.29, 0.717) is 6.61 Å². The van der Waals surface area contributed by atoms with E-state index in [1.165, 1.54) is 4.90 Å². The maximum absolute atomic E-state index is 12.4. The Balaban J connectivity index is 2.47. The van der Waals surface area contributed by atoms with Crippen molar-refractivity contribution in [2.45, 2.75) is 32.4 Å². The summed E-state index contributed by atoms with van der Waals surface area (Å²) in [6, 6.07) is 9.08. The molecule has 1 aromatic carbocycles. The van der Waals surface area contributed by atoms with Gasteiger partial charge in [-0.2, -0.15) is 0 Å². The van der Waals surface area contributed by atoms with E-state index in [0.717, 1.165) is 5.56 Å². The molecule has 0 aromatic heterocycles. The van der Waals surface area contributed by atoms with Crippen molar-refractivity contribution < 1.29 is 19.1 Å². The smallest absolute Gasteiger partial charge is 0.410 e. The van der Waals surface area contributed by atoms with Crippen LogP contribution < -0.4 is 0 Å². The Morgan fingerprint density at radius 2 is 1.95 bits per heavy atom. The lowest BCUT2D eigenvalue weighted by atomic mass is 9.79. The van der Waals surface area contributed by atoms with Gasteiger partial charge in [-0.1, -0.05) is 30.3 Å². The zero-order chi connectivity index (χ0) is 15.6. The van der Waals surface area contributed by atoms with Gasteiger partial charge in [-0.15, -0.1) is 0 Å². The van der Waals surface area contributed by atoms with Crippen molar-refractivity contribution in [2.24, 2.45) is 5.92 Å². The quantitative estimate of drug-likeness (QED) is 0.804. The topological polar surface area (TPSA) is 55.8 Å². The summed E-state index contributed by atoms with van der Waals surface area (Å²) >= 11 is 0. The fourth-order valence-electron chi connectivity index (χ4n) is 2.79. The monoisotopic (exact) mass is 291 g/mol. The summed E-state index contributed by atoms with van der Waals surface area (Å²) in [5, 5.41) is 0. The van der Waals surface area contributed by atoms with Gasteiger partial charge >= 0.3 is 12.1 Å². The van der Waals surface area contributed by atoms with Gasteiger partial charge in [0, 0.05) is 7.05 Å². The third-order valence-corrected chi connectivity index (χ3v) is 3.80. The minimum absolute atomic E-state index is 0.296. The van der Waals surface area contributed by atoms with Crippen LogP contribution in [0.3, 0.4) is 0 Å². The molecule has 1 saturated heterocycles. The summed E-state index contributed by atoms with van der Waals surface area (Å²) in [4.78, 5) is 25.9. The number of esters is 1. The summed E-state index contributed by atoms with van der Waals surface area (Å²) in [5.41, 5.74) is -0.0288. The second-order valence-electron chi connectivity index (χ2n) is 5.67. The first-order valence-corrected chi connectivity index (χ1v) is 7.06. The molecule has 0 spiro atoms. The molecule has 0 bridgehead atoms. The van der Waals surface area contributed by atoms with Gasteiger partial charge in [0.15, 0.2) is 0 Å². The summed E-state index contributed by atoms with van der Waals surface area (Å²) in [7, 11) is 1.64. The summed E-state index contributed by atoms with van der Waals surface area (Å²) in [6.07, 6.45) is -0.436. The van der Waals surface area contributed by atoms with E-state index >= 15 is 0 Å². The standard InChI is InChI=1S/C16H21NO4/c1-5-20-14(18)12-13(11-9-7-6-8-10-11)17(4)15(19)21-16(12,2)3/h6-10,12-13H,5H2,1-4H3. The largest absolute Gasteiger partial charge is 0.466 e. The molecular weight excluding hydrogens is 270 g/mol. The highest BCUT2D eigenvalue weighted by Crippen LogP contribution is 2.42. The molecule has 2 unspecified atom stereocenters. The van der Waals surface area contributed by atoms with Crippen LogP contribution in [0.2, 0.25) is 0 Å². The molecule has 5 heteroatoms. The number of rotatable bonds is 3. The van der Waals surface area contributed by atoms with Crippen molar-refractivity contribution in [1.29, 1.82) is 0 Å². The van der Waals surface area contributed by atoms with Crippen molar-refractivity contribution in [3.05, 3.63) is 35.9 Å². The van der Waals surface area contributed by atoms with E-state index in [-0.39, 0.29) is 5.97 Å². The highest BCUT2D eigenvalue weighted by molar-refractivity contribution is 5.79. The minimum atomic E-state index is -0.920. The van der Waals surface area contributed by atoms with Crippen molar-refractivity contribution in [3.63, 3.8) is 0 Å². The van der Waals surface area contributed by atoms with Gasteiger partial charge in [-0.25, -0.2) is 4.79 Å². The normalized spacial score (nSPS) is 24.4. The zero-order valence-corrected chi connectivity index (χ0v) is 12.8. The van der Waals surface area contributed by atoms with Gasteiger partial charge in [0.05, 0.1) is 12.6 Å². The Bertz CT molecular complexity index is 526. The van der Waals surface area contributed by atoms with Gasteiger partial charge in [-0.05, 0) is 26.3 Å². The predicted octanol–water partition coefficient (Wildman–Crippen LogP) is 2.77. The van der Waals surface area contributed by atoms with Crippen molar-refractivity contribution in [2.75, 3.05) is 13.7 Å². The molecule has 21 heavy (non-hydrogen) atoms. The first-order chi connectivity index (χ1) is 9.88. The zero-order valence-electron chi connectivity index (χ0n) is 12.8. The van der Waals surface area contributed by atoms with Crippen LogP contribution in [0.1, 0.15) is 32.4 Å². The minimum Gasteiger partial charge on any atom is -0.466 e. The average molecular weight is 291 g/mol. The molecule has 0 aliphatic carbocycles. The fourth-order valence-corrected chi connectivity index (χ4v) is 2.79. The van der Waals surface area contributed by atoms with Gasteiger partial charge < -0.3 is 14.4 Å². The lowest BCUT2D eigenvalue weighted by Crippen LogP contribution is -2.56. The van der Waals surface area contributed by atoms with Gasteiger partial charge in [-0.3, -0.25) is 4.79 Å². The maximum atomic E-state index is 12.4. The summed E-state index contributed by atoms with van der Waals surface area (Å²) in [6.45, 7) is 5.55. The van der Waals surface area contributed by atoms with Crippen molar-refractivity contribution >= 4 is 12.1 Å². The van der Waals surface area contributed by atoms with Gasteiger partial charge in [0.2, 0.25) is 0 Å². The van der Waals surface area contributed by atoms with Crippen LogP contribution in [0.5, 0.6) is 0 Å². The van der Waals surface area contributed by atoms with Crippen LogP contribution >= 0.6 is 0 Å². The molecule has 1 aliphatic rings. The van der Waals surface area contributed by atoms with E-state index in [1.54, 1.807) is 27.8 Å². The van der Waals surface area contributed by atoms with Gasteiger partial charge in [0.25, 0.3) is 0 Å². The molecule has 1 aromatic rings. The second kappa shape index (κ2) is 5.76.